The summed E-state index contributed by atoms with van der Waals surface area (Å²) in [6.07, 6.45) is 1.14. The van der Waals surface area contributed by atoms with Crippen LogP contribution in [0.4, 0.5) is 5.69 Å². The highest BCUT2D eigenvalue weighted by molar-refractivity contribution is 6.09. The summed E-state index contributed by atoms with van der Waals surface area (Å²) < 4.78 is 0. The Hall–Kier alpha value is -3.93. The lowest BCUT2D eigenvalue weighted by atomic mass is 9.88. The van der Waals surface area contributed by atoms with Crippen LogP contribution in [0.2, 0.25) is 0 Å². The van der Waals surface area contributed by atoms with E-state index < -0.39 is 6.04 Å². The number of benzene rings is 3. The van der Waals surface area contributed by atoms with Crippen molar-refractivity contribution in [2.24, 2.45) is 0 Å². The Morgan fingerprint density at radius 1 is 0.848 bits per heavy atom. The van der Waals surface area contributed by atoms with Crippen molar-refractivity contribution < 1.29 is 14.4 Å². The maximum Gasteiger partial charge on any atom is 0.254 e. The molecule has 6 heteroatoms. The molecule has 3 amide bonds. The minimum atomic E-state index is -0.753. The highest BCUT2D eigenvalue weighted by Crippen LogP contribution is 2.27. The number of rotatable bonds is 8. The van der Waals surface area contributed by atoms with Crippen molar-refractivity contribution in [1.29, 1.82) is 0 Å². The first-order chi connectivity index (χ1) is 16.1. The van der Waals surface area contributed by atoms with Gasteiger partial charge in [0.15, 0.2) is 0 Å². The summed E-state index contributed by atoms with van der Waals surface area (Å²) in [5.74, 6) is -0.589. The van der Waals surface area contributed by atoms with Crippen molar-refractivity contribution in [2.75, 3.05) is 11.9 Å². The predicted octanol–water partition coefficient (Wildman–Crippen LogP) is 3.86. The molecule has 0 saturated heterocycles. The van der Waals surface area contributed by atoms with Gasteiger partial charge in [-0.2, -0.15) is 0 Å². The number of nitrogens with one attached hydrogen (secondary N) is 3. The Morgan fingerprint density at radius 3 is 2.12 bits per heavy atom. The van der Waals surface area contributed by atoms with E-state index in [1.54, 1.807) is 24.3 Å². The van der Waals surface area contributed by atoms with Gasteiger partial charge in [-0.15, -0.1) is 0 Å². The molecule has 3 aromatic rings. The first kappa shape index (κ1) is 22.3. The summed E-state index contributed by atoms with van der Waals surface area (Å²) >= 11 is 0. The fourth-order valence-electron chi connectivity index (χ4n) is 4.13. The number of carbonyl (C=O) groups is 3. The molecule has 1 aliphatic rings. The molecule has 0 unspecified atom stereocenters. The molecule has 1 atom stereocenters. The minimum absolute atomic E-state index is 0.140. The van der Waals surface area contributed by atoms with Gasteiger partial charge in [0, 0.05) is 18.9 Å². The number of hydrogen-bond donors (Lipinski definition) is 3. The molecule has 1 heterocycles. The normalized spacial score (nSPS) is 15.2. The number of anilines is 1. The van der Waals surface area contributed by atoms with E-state index in [1.165, 1.54) is 11.1 Å². The first-order valence-corrected chi connectivity index (χ1v) is 11.2. The average Bonchev–Trinajstić information content (AvgIpc) is 2.97. The van der Waals surface area contributed by atoms with E-state index >= 15 is 0 Å². The van der Waals surface area contributed by atoms with Gasteiger partial charge < -0.3 is 16.0 Å². The predicted molar refractivity (Wildman–Crippen MR) is 128 cm³/mol. The van der Waals surface area contributed by atoms with Crippen molar-refractivity contribution in [3.8, 4) is 0 Å². The van der Waals surface area contributed by atoms with Gasteiger partial charge in [-0.05, 0) is 36.1 Å². The van der Waals surface area contributed by atoms with Gasteiger partial charge in [-0.1, -0.05) is 72.8 Å². The topological polar surface area (TPSA) is 87.3 Å². The summed E-state index contributed by atoms with van der Waals surface area (Å²) in [4.78, 5) is 37.4. The fourth-order valence-corrected chi connectivity index (χ4v) is 4.13. The zero-order chi connectivity index (χ0) is 23.0. The van der Waals surface area contributed by atoms with Crippen LogP contribution in [0.15, 0.2) is 84.9 Å². The Balaban J connectivity index is 1.30. The van der Waals surface area contributed by atoms with Gasteiger partial charge in [0.05, 0.1) is 11.3 Å². The summed E-state index contributed by atoms with van der Waals surface area (Å²) in [5, 5.41) is 8.46. The second-order valence-electron chi connectivity index (χ2n) is 8.11. The molecular weight excluding hydrogens is 414 g/mol. The quantitative estimate of drug-likeness (QED) is 0.496. The van der Waals surface area contributed by atoms with Crippen LogP contribution in [-0.2, 0) is 9.59 Å². The van der Waals surface area contributed by atoms with Crippen molar-refractivity contribution in [1.82, 2.24) is 10.6 Å². The van der Waals surface area contributed by atoms with E-state index in [1.807, 2.05) is 36.4 Å². The molecule has 0 aliphatic carbocycles. The van der Waals surface area contributed by atoms with E-state index in [0.717, 1.165) is 6.42 Å². The highest BCUT2D eigenvalue weighted by atomic mass is 16.2. The number of carbonyl (C=O) groups excluding carboxylic acids is 3. The summed E-state index contributed by atoms with van der Waals surface area (Å²) in [6, 6.07) is 26.6. The SMILES string of the molecule is O=C(CC[C@@H]1NC(=O)c2ccccc2NC1=O)NCCC(c1ccccc1)c1ccccc1. The molecule has 3 aromatic carbocycles. The summed E-state index contributed by atoms with van der Waals surface area (Å²) in [5.41, 5.74) is 3.32. The zero-order valence-electron chi connectivity index (χ0n) is 18.3. The van der Waals surface area contributed by atoms with E-state index in [9.17, 15) is 14.4 Å². The van der Waals surface area contributed by atoms with E-state index in [4.69, 9.17) is 0 Å². The summed E-state index contributed by atoms with van der Waals surface area (Å²) in [7, 11) is 0. The lowest BCUT2D eigenvalue weighted by molar-refractivity contribution is -0.121. The van der Waals surface area contributed by atoms with Gasteiger partial charge in [0.25, 0.3) is 5.91 Å². The molecule has 3 N–H and O–H groups in total. The molecule has 1 aliphatic heterocycles. The Morgan fingerprint density at radius 2 is 1.45 bits per heavy atom. The smallest absolute Gasteiger partial charge is 0.254 e. The number of fused-ring (bicyclic) bond motifs is 1. The van der Waals surface area contributed by atoms with Crippen LogP contribution in [0.5, 0.6) is 0 Å². The lowest BCUT2D eigenvalue weighted by Gasteiger charge is -2.19. The van der Waals surface area contributed by atoms with Gasteiger partial charge in [-0.3, -0.25) is 14.4 Å². The van der Waals surface area contributed by atoms with Crippen LogP contribution >= 0.6 is 0 Å². The van der Waals surface area contributed by atoms with Crippen molar-refractivity contribution in [3.63, 3.8) is 0 Å². The molecule has 0 radical (unpaired) electrons. The number of amides is 3. The third kappa shape index (κ3) is 5.66. The van der Waals surface area contributed by atoms with Gasteiger partial charge in [-0.25, -0.2) is 0 Å². The summed E-state index contributed by atoms with van der Waals surface area (Å²) in [6.45, 7) is 0.516. The number of hydrogen-bond acceptors (Lipinski definition) is 3. The highest BCUT2D eigenvalue weighted by Gasteiger charge is 2.27. The molecule has 0 saturated carbocycles. The van der Waals surface area contributed by atoms with Crippen molar-refractivity contribution in [3.05, 3.63) is 102 Å². The van der Waals surface area contributed by atoms with E-state index in [-0.39, 0.29) is 36.5 Å². The maximum atomic E-state index is 12.5. The van der Waals surface area contributed by atoms with Gasteiger partial charge >= 0.3 is 0 Å². The molecule has 168 valence electrons. The van der Waals surface area contributed by atoms with E-state index in [0.29, 0.717) is 17.8 Å². The van der Waals surface area contributed by atoms with Crippen LogP contribution in [0, 0.1) is 0 Å². The maximum absolute atomic E-state index is 12.5. The Bertz CT molecular complexity index is 1080. The largest absolute Gasteiger partial charge is 0.356 e. The molecule has 0 bridgehead atoms. The van der Waals surface area contributed by atoms with Crippen molar-refractivity contribution in [2.45, 2.75) is 31.2 Å². The molecular formula is C27H27N3O3. The minimum Gasteiger partial charge on any atom is -0.356 e. The Kier molecular flexibility index (Phi) is 7.15. The molecule has 4 rings (SSSR count). The zero-order valence-corrected chi connectivity index (χ0v) is 18.3. The van der Waals surface area contributed by atoms with Crippen LogP contribution in [0.1, 0.15) is 46.7 Å². The van der Waals surface area contributed by atoms with Crippen LogP contribution < -0.4 is 16.0 Å². The molecule has 33 heavy (non-hydrogen) atoms. The third-order valence-corrected chi connectivity index (χ3v) is 5.87. The second kappa shape index (κ2) is 10.6. The second-order valence-corrected chi connectivity index (χ2v) is 8.11. The van der Waals surface area contributed by atoms with Crippen LogP contribution in [-0.4, -0.2) is 30.3 Å². The first-order valence-electron chi connectivity index (χ1n) is 11.2. The van der Waals surface area contributed by atoms with Crippen LogP contribution in [0.25, 0.3) is 0 Å². The standard InChI is InChI=1S/C27H27N3O3/c31-25(16-15-24-27(33)29-23-14-8-7-13-22(23)26(32)30-24)28-18-17-21(19-9-3-1-4-10-19)20-11-5-2-6-12-20/h1-14,21,24H,15-18H2,(H,28,31)(H,29,33)(H,30,32)/t24-/m0/s1. The molecule has 0 spiro atoms. The van der Waals surface area contributed by atoms with Gasteiger partial charge in [0.1, 0.15) is 6.04 Å². The van der Waals surface area contributed by atoms with Gasteiger partial charge in [0.2, 0.25) is 11.8 Å². The molecule has 0 fully saturated rings. The molecule has 0 aromatic heterocycles. The molecule has 6 nitrogen and oxygen atoms in total. The van der Waals surface area contributed by atoms with E-state index in [2.05, 4.69) is 40.2 Å². The Labute approximate surface area is 193 Å². The van der Waals surface area contributed by atoms with Crippen LogP contribution in [0.3, 0.4) is 0 Å². The van der Waals surface area contributed by atoms with Crippen molar-refractivity contribution >= 4 is 23.4 Å². The average molecular weight is 442 g/mol. The lowest BCUT2D eigenvalue weighted by Crippen LogP contribution is -2.42. The monoisotopic (exact) mass is 441 g/mol. The number of para-hydroxylation sites is 1. The fraction of sp³-hybridized carbons (Fsp3) is 0.222. The third-order valence-electron chi connectivity index (χ3n) is 5.87.